The minimum atomic E-state index is -4.74. The van der Waals surface area contributed by atoms with Crippen LogP contribution in [0.25, 0.3) is 5.95 Å². The van der Waals surface area contributed by atoms with Crippen molar-refractivity contribution in [2.45, 2.75) is 12.3 Å². The van der Waals surface area contributed by atoms with E-state index in [0.717, 1.165) is 4.68 Å². The summed E-state index contributed by atoms with van der Waals surface area (Å²) in [6, 6.07) is 0. The number of alkyl halides is 3. The fourth-order valence-electron chi connectivity index (χ4n) is 1.18. The molecule has 9 nitrogen and oxygen atoms in total. The number of aliphatic hydroxyl groups is 1. The maximum absolute atomic E-state index is 12.1. The number of nitrogens with one attached hydrogen (secondary N) is 1. The number of aromatic nitrogens is 6. The molecule has 0 saturated heterocycles. The first-order chi connectivity index (χ1) is 9.36. The van der Waals surface area contributed by atoms with E-state index in [4.69, 9.17) is 10.8 Å². The van der Waals surface area contributed by atoms with Gasteiger partial charge in [0.15, 0.2) is 6.10 Å². The lowest BCUT2D eigenvalue weighted by atomic mass is 10.3. The monoisotopic (exact) mass is 290 g/mol. The van der Waals surface area contributed by atoms with Gasteiger partial charge < -0.3 is 16.2 Å². The van der Waals surface area contributed by atoms with Gasteiger partial charge in [0.1, 0.15) is 12.7 Å². The molecule has 0 aromatic carbocycles. The first-order valence-corrected chi connectivity index (χ1v) is 5.21. The Kier molecular flexibility index (Phi) is 3.65. The second-order valence-electron chi connectivity index (χ2n) is 3.60. The maximum Gasteiger partial charge on any atom is 0.416 e. The van der Waals surface area contributed by atoms with E-state index >= 15 is 0 Å². The molecule has 0 aliphatic rings. The van der Waals surface area contributed by atoms with E-state index in [0.29, 0.717) is 0 Å². The van der Waals surface area contributed by atoms with Gasteiger partial charge in [0.25, 0.3) is 5.95 Å². The molecule has 0 bridgehead atoms. The van der Waals surface area contributed by atoms with Crippen molar-refractivity contribution in [1.29, 1.82) is 0 Å². The Morgan fingerprint density at radius 2 is 2.10 bits per heavy atom. The first-order valence-electron chi connectivity index (χ1n) is 5.21. The Labute approximate surface area is 109 Å². The van der Waals surface area contributed by atoms with Gasteiger partial charge in [-0.05, 0) is 0 Å². The van der Waals surface area contributed by atoms with Crippen molar-refractivity contribution >= 4 is 11.9 Å². The van der Waals surface area contributed by atoms with Gasteiger partial charge in [-0.3, -0.25) is 0 Å². The summed E-state index contributed by atoms with van der Waals surface area (Å²) in [6.07, 6.45) is -4.78. The van der Waals surface area contributed by atoms with Crippen LogP contribution in [0.1, 0.15) is 0 Å². The third-order valence-electron chi connectivity index (χ3n) is 2.10. The Morgan fingerprint density at radius 1 is 1.35 bits per heavy atom. The minimum Gasteiger partial charge on any atom is -0.382 e. The highest BCUT2D eigenvalue weighted by Gasteiger charge is 2.38. The van der Waals surface area contributed by atoms with Gasteiger partial charge >= 0.3 is 6.18 Å². The number of rotatable bonds is 4. The number of anilines is 2. The highest BCUT2D eigenvalue weighted by Crippen LogP contribution is 2.20. The average Bonchev–Trinajstić information content (AvgIpc) is 2.88. The molecule has 2 rings (SSSR count). The first kappa shape index (κ1) is 13.9. The Balaban J connectivity index is 2.13. The van der Waals surface area contributed by atoms with Crippen molar-refractivity contribution in [3.63, 3.8) is 0 Å². The van der Waals surface area contributed by atoms with Crippen LogP contribution in [0.15, 0.2) is 12.7 Å². The zero-order valence-electron chi connectivity index (χ0n) is 9.78. The van der Waals surface area contributed by atoms with Gasteiger partial charge in [0.2, 0.25) is 11.9 Å². The number of aliphatic hydroxyl groups excluding tert-OH is 1. The van der Waals surface area contributed by atoms with Crippen LogP contribution >= 0.6 is 0 Å². The average molecular weight is 290 g/mol. The number of nitrogens with two attached hydrogens (primary N) is 1. The second-order valence-corrected chi connectivity index (χ2v) is 3.60. The van der Waals surface area contributed by atoms with E-state index in [-0.39, 0.29) is 17.8 Å². The second kappa shape index (κ2) is 5.24. The molecule has 4 N–H and O–H groups in total. The predicted octanol–water partition coefficient (Wildman–Crippen LogP) is -0.630. The van der Waals surface area contributed by atoms with E-state index in [1.54, 1.807) is 0 Å². The lowest BCUT2D eigenvalue weighted by Gasteiger charge is -2.15. The summed E-state index contributed by atoms with van der Waals surface area (Å²) >= 11 is 0. The zero-order chi connectivity index (χ0) is 14.8. The fourth-order valence-corrected chi connectivity index (χ4v) is 1.18. The van der Waals surface area contributed by atoms with Crippen LogP contribution in [-0.2, 0) is 0 Å². The lowest BCUT2D eigenvalue weighted by Crippen LogP contribution is -2.35. The highest BCUT2D eigenvalue weighted by molar-refractivity contribution is 5.34. The summed E-state index contributed by atoms with van der Waals surface area (Å²) in [7, 11) is 0. The number of nitrogen functional groups attached to an aromatic ring is 1. The normalized spacial score (nSPS) is 13.2. The molecule has 0 spiro atoms. The van der Waals surface area contributed by atoms with E-state index in [1.807, 2.05) is 0 Å². The van der Waals surface area contributed by atoms with Crippen LogP contribution in [0.4, 0.5) is 25.1 Å². The van der Waals surface area contributed by atoms with Crippen LogP contribution in [0.3, 0.4) is 0 Å². The quantitative estimate of drug-likeness (QED) is 0.679. The lowest BCUT2D eigenvalue weighted by molar-refractivity contribution is -0.198. The summed E-state index contributed by atoms with van der Waals surface area (Å²) in [5.74, 6) is -0.445. The molecule has 0 amide bonds. The third-order valence-corrected chi connectivity index (χ3v) is 2.10. The van der Waals surface area contributed by atoms with E-state index in [2.05, 4.69) is 30.4 Å². The molecule has 0 saturated carbocycles. The summed E-state index contributed by atoms with van der Waals surface area (Å²) < 4.78 is 37.6. The fraction of sp³-hybridized carbons (Fsp3) is 0.375. The van der Waals surface area contributed by atoms with Crippen molar-refractivity contribution in [3.8, 4) is 5.95 Å². The molecule has 0 radical (unpaired) electrons. The van der Waals surface area contributed by atoms with Crippen LogP contribution in [0.2, 0.25) is 0 Å². The largest absolute Gasteiger partial charge is 0.416 e. The number of halogens is 3. The molecule has 1 unspecified atom stereocenters. The van der Waals surface area contributed by atoms with Crippen molar-refractivity contribution in [3.05, 3.63) is 12.7 Å². The Morgan fingerprint density at radius 3 is 2.70 bits per heavy atom. The molecule has 12 heteroatoms. The van der Waals surface area contributed by atoms with Crippen LogP contribution < -0.4 is 11.1 Å². The molecular weight excluding hydrogens is 281 g/mol. The molecule has 0 fully saturated rings. The number of nitrogens with zero attached hydrogens (tertiary/aromatic N) is 6. The van der Waals surface area contributed by atoms with E-state index < -0.39 is 18.8 Å². The van der Waals surface area contributed by atoms with Crippen molar-refractivity contribution in [2.24, 2.45) is 0 Å². The van der Waals surface area contributed by atoms with Crippen molar-refractivity contribution in [1.82, 2.24) is 29.7 Å². The van der Waals surface area contributed by atoms with E-state index in [1.165, 1.54) is 12.7 Å². The smallest absolute Gasteiger partial charge is 0.382 e. The van der Waals surface area contributed by atoms with Crippen molar-refractivity contribution < 1.29 is 18.3 Å². The Hall–Kier alpha value is -2.50. The van der Waals surface area contributed by atoms with Crippen LogP contribution in [0, 0.1) is 0 Å². The number of hydrogen-bond donors (Lipinski definition) is 3. The van der Waals surface area contributed by atoms with Crippen molar-refractivity contribution in [2.75, 3.05) is 17.6 Å². The Bertz CT molecular complexity index is 572. The molecule has 20 heavy (non-hydrogen) atoms. The SMILES string of the molecule is Nc1nc(NCC(O)C(F)(F)F)nc(-n2cncn2)n1. The van der Waals surface area contributed by atoms with Gasteiger partial charge in [-0.25, -0.2) is 4.98 Å². The van der Waals surface area contributed by atoms with Gasteiger partial charge in [-0.15, -0.1) is 0 Å². The topological polar surface area (TPSA) is 128 Å². The highest BCUT2D eigenvalue weighted by atomic mass is 19.4. The molecule has 1 atom stereocenters. The molecule has 108 valence electrons. The summed E-state index contributed by atoms with van der Waals surface area (Å²) in [6.45, 7) is -0.816. The van der Waals surface area contributed by atoms with Gasteiger partial charge in [-0.1, -0.05) is 0 Å². The van der Waals surface area contributed by atoms with Gasteiger partial charge in [0.05, 0.1) is 6.54 Å². The zero-order valence-corrected chi connectivity index (χ0v) is 9.78. The molecule has 0 aliphatic carbocycles. The summed E-state index contributed by atoms with van der Waals surface area (Å²) in [4.78, 5) is 14.8. The number of hydrogen-bond acceptors (Lipinski definition) is 8. The summed E-state index contributed by atoms with van der Waals surface area (Å²) in [5.41, 5.74) is 5.41. The molecule has 2 heterocycles. The van der Waals surface area contributed by atoms with Crippen LogP contribution in [0.5, 0.6) is 0 Å². The van der Waals surface area contributed by atoms with Crippen LogP contribution in [-0.4, -0.2) is 53.6 Å². The van der Waals surface area contributed by atoms with Gasteiger partial charge in [0, 0.05) is 0 Å². The predicted molar refractivity (Wildman–Crippen MR) is 59.7 cm³/mol. The molecular formula is C8H9F3N8O. The van der Waals surface area contributed by atoms with Gasteiger partial charge in [-0.2, -0.15) is 37.9 Å². The molecule has 2 aromatic heterocycles. The standard InChI is InChI=1S/C8H9F3N8O/c9-8(10,11)4(20)1-14-6-16-5(12)17-7(18-6)19-3-13-2-15-19/h2-4,20H,1H2,(H3,12,14,16,17,18). The van der Waals surface area contributed by atoms with E-state index in [9.17, 15) is 13.2 Å². The maximum atomic E-state index is 12.1. The third kappa shape index (κ3) is 3.28. The summed E-state index contributed by atoms with van der Waals surface area (Å²) in [5, 5.41) is 14.8. The minimum absolute atomic E-state index is 0.0148. The molecule has 0 aliphatic heterocycles. The molecule has 2 aromatic rings.